The van der Waals surface area contributed by atoms with Crippen LogP contribution in [0, 0.1) is 0 Å². The van der Waals surface area contributed by atoms with E-state index in [4.69, 9.17) is 9.84 Å². The van der Waals surface area contributed by atoms with Gasteiger partial charge < -0.3 is 14.4 Å². The molecule has 3 aromatic carbocycles. The van der Waals surface area contributed by atoms with Crippen molar-refractivity contribution in [1.29, 1.82) is 0 Å². The molecule has 0 radical (unpaired) electrons. The molecule has 0 spiro atoms. The third kappa shape index (κ3) is 5.59. The van der Waals surface area contributed by atoms with Gasteiger partial charge >= 0.3 is 5.97 Å². The lowest BCUT2D eigenvalue weighted by atomic mass is 9.94. The maximum atomic E-state index is 12.7. The Labute approximate surface area is 214 Å². The van der Waals surface area contributed by atoms with Crippen LogP contribution in [0.25, 0.3) is 33.2 Å². The molecule has 1 N–H and O–H groups in total. The van der Waals surface area contributed by atoms with Crippen LogP contribution in [0.4, 0.5) is 0 Å². The van der Waals surface area contributed by atoms with Crippen LogP contribution in [0.3, 0.4) is 0 Å². The van der Waals surface area contributed by atoms with Gasteiger partial charge in [-0.1, -0.05) is 60.7 Å². The van der Waals surface area contributed by atoms with Crippen molar-refractivity contribution in [2.75, 3.05) is 6.61 Å². The zero-order valence-corrected chi connectivity index (χ0v) is 20.2. The minimum Gasteiger partial charge on any atom is -0.482 e. The molecule has 5 rings (SSSR count). The van der Waals surface area contributed by atoms with Crippen LogP contribution in [-0.2, 0) is 17.8 Å². The van der Waals surface area contributed by atoms with Gasteiger partial charge in [0.1, 0.15) is 5.75 Å². The fraction of sp³-hybridized carbons (Fsp3) is 0.129. The quantitative estimate of drug-likeness (QED) is 0.281. The van der Waals surface area contributed by atoms with Gasteiger partial charge in [-0.15, -0.1) is 0 Å². The summed E-state index contributed by atoms with van der Waals surface area (Å²) < 4.78 is 7.02. The van der Waals surface area contributed by atoms with Crippen LogP contribution in [-0.4, -0.2) is 27.2 Å². The first kappa shape index (κ1) is 24.0. The van der Waals surface area contributed by atoms with Crippen LogP contribution in [0.1, 0.15) is 12.0 Å². The van der Waals surface area contributed by atoms with Gasteiger partial charge in [-0.3, -0.25) is 9.78 Å². The number of nitrogens with zero attached hydrogens (tertiary/aromatic N) is 2. The predicted molar refractivity (Wildman–Crippen MR) is 145 cm³/mol. The van der Waals surface area contributed by atoms with Gasteiger partial charge in [0.2, 0.25) is 0 Å². The molecule has 0 aliphatic rings. The second-order valence-corrected chi connectivity index (χ2v) is 8.81. The number of aliphatic carboxylic acids is 1. The third-order valence-corrected chi connectivity index (χ3v) is 6.27. The normalized spacial score (nSPS) is 10.9. The summed E-state index contributed by atoms with van der Waals surface area (Å²) in [6.07, 6.45) is 5.22. The molecule has 0 fully saturated rings. The lowest BCUT2D eigenvalue weighted by Crippen LogP contribution is -2.19. The maximum absolute atomic E-state index is 12.7. The van der Waals surface area contributed by atoms with Crippen LogP contribution in [0.2, 0.25) is 0 Å². The van der Waals surface area contributed by atoms with E-state index in [1.807, 2.05) is 60.9 Å². The average molecular weight is 491 g/mol. The van der Waals surface area contributed by atoms with Crippen molar-refractivity contribution >= 4 is 16.9 Å². The van der Waals surface area contributed by atoms with E-state index in [0.717, 1.165) is 51.6 Å². The molecule has 0 aliphatic carbocycles. The highest BCUT2D eigenvalue weighted by Gasteiger charge is 2.12. The Kier molecular flexibility index (Phi) is 7.08. The second kappa shape index (κ2) is 10.9. The second-order valence-electron chi connectivity index (χ2n) is 8.81. The molecule has 0 aliphatic heterocycles. The third-order valence-electron chi connectivity index (χ3n) is 6.27. The van der Waals surface area contributed by atoms with E-state index >= 15 is 0 Å². The standard InChI is InChI=1S/C31H26N2O4/c34-29-16-15-24(20-33(29)18-6-8-22-7-3-11-25(19-22)37-21-30(35)36)26-12-1-2-13-27(26)28-14-4-9-23-10-5-17-32-31(23)28/h1-5,7,9-17,19-20H,6,8,18,21H2,(H,35,36). The number of carbonyl (C=O) groups is 1. The van der Waals surface area contributed by atoms with Crippen molar-refractivity contribution in [3.63, 3.8) is 0 Å². The Morgan fingerprint density at radius 2 is 1.65 bits per heavy atom. The molecule has 0 bridgehead atoms. The Balaban J connectivity index is 1.38. The van der Waals surface area contributed by atoms with E-state index in [1.54, 1.807) is 16.7 Å². The molecule has 2 heterocycles. The van der Waals surface area contributed by atoms with Gasteiger partial charge in [-0.2, -0.15) is 0 Å². The predicted octanol–water partition coefficient (Wildman–Crippen LogP) is 5.83. The molecule has 0 atom stereocenters. The molecule has 0 unspecified atom stereocenters. The van der Waals surface area contributed by atoms with Gasteiger partial charge in [0.25, 0.3) is 5.56 Å². The molecule has 6 heteroatoms. The first-order valence-electron chi connectivity index (χ1n) is 12.2. The average Bonchev–Trinajstić information content (AvgIpc) is 2.93. The van der Waals surface area contributed by atoms with E-state index in [1.165, 1.54) is 0 Å². The van der Waals surface area contributed by atoms with E-state index in [0.29, 0.717) is 12.3 Å². The van der Waals surface area contributed by atoms with Gasteiger partial charge in [-0.25, -0.2) is 4.79 Å². The summed E-state index contributed by atoms with van der Waals surface area (Å²) in [5.74, 6) is -0.485. The van der Waals surface area contributed by atoms with Crippen molar-refractivity contribution in [2.24, 2.45) is 0 Å². The van der Waals surface area contributed by atoms with E-state index in [2.05, 4.69) is 35.3 Å². The Morgan fingerprint density at radius 1 is 0.865 bits per heavy atom. The van der Waals surface area contributed by atoms with Gasteiger partial charge in [0, 0.05) is 36.0 Å². The van der Waals surface area contributed by atoms with E-state index < -0.39 is 5.97 Å². The minimum atomic E-state index is -1.01. The molecular weight excluding hydrogens is 464 g/mol. The van der Waals surface area contributed by atoms with Gasteiger partial charge in [0.05, 0.1) is 5.52 Å². The SMILES string of the molecule is O=C(O)COc1cccc(CCCn2cc(-c3ccccc3-c3cccc4cccnc34)ccc2=O)c1. The highest BCUT2D eigenvalue weighted by molar-refractivity contribution is 5.97. The molecule has 5 aromatic rings. The minimum absolute atomic E-state index is 0.0494. The highest BCUT2D eigenvalue weighted by atomic mass is 16.5. The highest BCUT2D eigenvalue weighted by Crippen LogP contribution is 2.35. The summed E-state index contributed by atoms with van der Waals surface area (Å²) in [6, 6.07) is 29.3. The summed E-state index contributed by atoms with van der Waals surface area (Å²) in [5.41, 5.74) is 6.05. The number of hydrogen-bond acceptors (Lipinski definition) is 4. The number of aromatic nitrogens is 2. The number of aryl methyl sites for hydroxylation is 2. The van der Waals surface area contributed by atoms with Crippen molar-refractivity contribution in [1.82, 2.24) is 9.55 Å². The molecule has 2 aromatic heterocycles. The number of carboxylic acid groups (broad SMARTS) is 1. The molecule has 0 saturated carbocycles. The number of ether oxygens (including phenoxy) is 1. The molecule has 184 valence electrons. The van der Waals surface area contributed by atoms with Gasteiger partial charge in [0.15, 0.2) is 6.61 Å². The van der Waals surface area contributed by atoms with Crippen LogP contribution in [0.15, 0.2) is 108 Å². The smallest absolute Gasteiger partial charge is 0.341 e. The number of para-hydroxylation sites is 1. The first-order chi connectivity index (χ1) is 18.1. The first-order valence-corrected chi connectivity index (χ1v) is 12.2. The van der Waals surface area contributed by atoms with E-state index in [-0.39, 0.29) is 12.2 Å². The molecular formula is C31H26N2O4. The van der Waals surface area contributed by atoms with Crippen molar-refractivity contribution < 1.29 is 14.6 Å². The van der Waals surface area contributed by atoms with E-state index in [9.17, 15) is 9.59 Å². The Morgan fingerprint density at radius 3 is 2.51 bits per heavy atom. The lowest BCUT2D eigenvalue weighted by Gasteiger charge is -2.14. The number of rotatable bonds is 9. The molecule has 0 amide bonds. The Bertz CT molecular complexity index is 1620. The summed E-state index contributed by atoms with van der Waals surface area (Å²) >= 11 is 0. The largest absolute Gasteiger partial charge is 0.482 e. The molecule has 0 saturated heterocycles. The summed E-state index contributed by atoms with van der Waals surface area (Å²) in [4.78, 5) is 28.0. The number of fused-ring (bicyclic) bond motifs is 1. The maximum Gasteiger partial charge on any atom is 0.341 e. The van der Waals surface area contributed by atoms with Crippen LogP contribution < -0.4 is 10.3 Å². The summed E-state index contributed by atoms with van der Waals surface area (Å²) in [6.45, 7) is 0.187. The zero-order valence-electron chi connectivity index (χ0n) is 20.2. The fourth-order valence-corrected chi connectivity index (χ4v) is 4.55. The number of benzene rings is 3. The van der Waals surface area contributed by atoms with Crippen LogP contribution >= 0.6 is 0 Å². The molecule has 6 nitrogen and oxygen atoms in total. The number of carboxylic acids is 1. The van der Waals surface area contributed by atoms with Crippen molar-refractivity contribution in [3.05, 3.63) is 119 Å². The molecule has 37 heavy (non-hydrogen) atoms. The zero-order chi connectivity index (χ0) is 25.6. The summed E-state index contributed by atoms with van der Waals surface area (Å²) in [7, 11) is 0. The van der Waals surface area contributed by atoms with Crippen molar-refractivity contribution in [2.45, 2.75) is 19.4 Å². The van der Waals surface area contributed by atoms with Gasteiger partial charge in [-0.05, 0) is 59.4 Å². The number of hydrogen-bond donors (Lipinski definition) is 1. The van der Waals surface area contributed by atoms with Crippen molar-refractivity contribution in [3.8, 4) is 28.0 Å². The fourth-order valence-electron chi connectivity index (χ4n) is 4.55. The lowest BCUT2D eigenvalue weighted by molar-refractivity contribution is -0.139. The Hall–Kier alpha value is -4.71. The number of pyridine rings is 2. The monoisotopic (exact) mass is 490 g/mol. The van der Waals surface area contributed by atoms with Crippen LogP contribution in [0.5, 0.6) is 5.75 Å². The topological polar surface area (TPSA) is 81.4 Å². The summed E-state index contributed by atoms with van der Waals surface area (Å²) in [5, 5.41) is 9.89.